The van der Waals surface area contributed by atoms with E-state index < -0.39 is 23.5 Å². The fourth-order valence-corrected chi connectivity index (χ4v) is 5.22. The van der Waals surface area contributed by atoms with Gasteiger partial charge < -0.3 is 74.2 Å². The van der Waals surface area contributed by atoms with Crippen molar-refractivity contribution in [1.82, 2.24) is 30.6 Å². The van der Waals surface area contributed by atoms with Crippen LogP contribution in [-0.2, 0) is 63.5 Å². The summed E-state index contributed by atoms with van der Waals surface area (Å²) in [6.45, 7) is 8.90. The second kappa shape index (κ2) is 34.9. The van der Waals surface area contributed by atoms with E-state index in [2.05, 4.69) is 41.8 Å². The number of hydrogen-bond donors (Lipinski definition) is 6. The molecule has 2 heterocycles. The lowest BCUT2D eigenvalue weighted by atomic mass is 10.1. The first-order valence-electron chi connectivity index (χ1n) is 21.1. The average molecular weight is 919 g/mol. The molecule has 0 spiro atoms. The van der Waals surface area contributed by atoms with Crippen LogP contribution in [0, 0.1) is 12.3 Å². The summed E-state index contributed by atoms with van der Waals surface area (Å²) in [4.78, 5) is 63.7. The number of amides is 2. The molecular weight excluding hydrogens is 857 g/mol. The van der Waals surface area contributed by atoms with E-state index in [0.29, 0.717) is 130 Å². The van der Waals surface area contributed by atoms with Crippen LogP contribution in [0.25, 0.3) is 11.2 Å². The number of aromatic amines is 1. The number of aromatic nitrogens is 4. The SMILES string of the molecule is C#CCOCCOCCOCCOCCOCCOCCOCCOCCOCCOCCNC(=O)CC[C@H](NC(=O)c1ccc(NCc2cnc3nc(N)[nH]c(=O)c3n2)cc1)C(=O)O. The topological polar surface area (TPSA) is 297 Å². The maximum Gasteiger partial charge on any atom is 0.326 e. The molecule has 0 bridgehead atoms. The molecule has 2 aromatic heterocycles. The van der Waals surface area contributed by atoms with Gasteiger partial charge in [-0.15, -0.1) is 6.42 Å². The lowest BCUT2D eigenvalue weighted by Crippen LogP contribution is -2.41. The summed E-state index contributed by atoms with van der Waals surface area (Å²) in [6.07, 6.45) is 6.31. The van der Waals surface area contributed by atoms with E-state index in [-0.39, 0.29) is 67.7 Å². The minimum Gasteiger partial charge on any atom is -0.480 e. The van der Waals surface area contributed by atoms with Crippen LogP contribution in [0.3, 0.4) is 0 Å². The van der Waals surface area contributed by atoms with Crippen molar-refractivity contribution in [2.45, 2.75) is 25.4 Å². The number of ether oxygens (including phenoxy) is 10. The Hall–Kier alpha value is -5.39. The van der Waals surface area contributed by atoms with Crippen LogP contribution >= 0.6 is 0 Å². The molecule has 0 saturated carbocycles. The highest BCUT2D eigenvalue weighted by Crippen LogP contribution is 2.12. The van der Waals surface area contributed by atoms with Gasteiger partial charge in [0.05, 0.1) is 144 Å². The molecule has 2 amide bonds. The summed E-state index contributed by atoms with van der Waals surface area (Å²) in [5.41, 5.74) is 6.53. The number of nitrogens with two attached hydrogens (primary N) is 1. The van der Waals surface area contributed by atoms with Crippen molar-refractivity contribution >= 4 is 40.6 Å². The number of benzene rings is 1. The Morgan fingerprint density at radius 1 is 0.708 bits per heavy atom. The number of hydrogen-bond acceptors (Lipinski definition) is 19. The van der Waals surface area contributed by atoms with Crippen LogP contribution in [-0.4, -0.2) is 188 Å². The molecule has 0 aliphatic carbocycles. The molecule has 23 heteroatoms. The molecule has 360 valence electrons. The number of carboxylic acid groups (broad SMARTS) is 1. The normalized spacial score (nSPS) is 11.6. The highest BCUT2D eigenvalue weighted by Gasteiger charge is 2.22. The molecule has 65 heavy (non-hydrogen) atoms. The lowest BCUT2D eigenvalue weighted by molar-refractivity contribution is -0.139. The predicted octanol–water partition coefficient (Wildman–Crippen LogP) is -0.214. The molecule has 0 unspecified atom stereocenters. The second-order valence-corrected chi connectivity index (χ2v) is 13.4. The smallest absolute Gasteiger partial charge is 0.326 e. The number of fused-ring (bicyclic) bond motifs is 1. The molecule has 0 radical (unpaired) electrons. The molecule has 23 nitrogen and oxygen atoms in total. The van der Waals surface area contributed by atoms with Crippen molar-refractivity contribution < 1.29 is 66.9 Å². The van der Waals surface area contributed by atoms with Crippen molar-refractivity contribution in [3.63, 3.8) is 0 Å². The Morgan fingerprint density at radius 2 is 1.18 bits per heavy atom. The van der Waals surface area contributed by atoms with E-state index in [0.717, 1.165) is 0 Å². The molecular formula is C42H62N8O15. The number of H-pyrrole nitrogens is 1. The van der Waals surface area contributed by atoms with E-state index in [4.69, 9.17) is 59.5 Å². The van der Waals surface area contributed by atoms with Gasteiger partial charge in [-0.3, -0.25) is 19.4 Å². The number of carbonyl (C=O) groups is 3. The number of anilines is 2. The van der Waals surface area contributed by atoms with E-state index in [1.54, 1.807) is 12.1 Å². The summed E-state index contributed by atoms with van der Waals surface area (Å²) >= 11 is 0. The Balaban J connectivity index is 1.06. The monoisotopic (exact) mass is 918 g/mol. The van der Waals surface area contributed by atoms with Crippen molar-refractivity contribution in [1.29, 1.82) is 0 Å². The van der Waals surface area contributed by atoms with Crippen LogP contribution in [0.4, 0.5) is 11.6 Å². The van der Waals surface area contributed by atoms with Gasteiger partial charge in [-0.25, -0.2) is 14.8 Å². The minimum absolute atomic E-state index is 0.0518. The van der Waals surface area contributed by atoms with Gasteiger partial charge in [0.25, 0.3) is 11.5 Å². The Kier molecular flexibility index (Phi) is 29.0. The molecule has 1 atom stereocenters. The highest BCUT2D eigenvalue weighted by atomic mass is 16.6. The summed E-state index contributed by atoms with van der Waals surface area (Å²) in [5, 5.41) is 17.9. The number of nitrogen functional groups attached to an aromatic ring is 1. The quantitative estimate of drug-likeness (QED) is 0.0318. The predicted molar refractivity (Wildman–Crippen MR) is 234 cm³/mol. The van der Waals surface area contributed by atoms with Gasteiger partial charge in [-0.2, -0.15) is 4.98 Å². The van der Waals surface area contributed by atoms with Crippen molar-refractivity contribution in [3.8, 4) is 12.3 Å². The largest absolute Gasteiger partial charge is 0.480 e. The number of carbonyl (C=O) groups excluding carboxylic acids is 2. The van der Waals surface area contributed by atoms with Crippen LogP contribution in [0.5, 0.6) is 0 Å². The number of rotatable bonds is 40. The van der Waals surface area contributed by atoms with E-state index in [1.807, 2.05) is 0 Å². The zero-order valence-corrected chi connectivity index (χ0v) is 36.6. The van der Waals surface area contributed by atoms with Gasteiger partial charge in [0.15, 0.2) is 11.2 Å². The second-order valence-electron chi connectivity index (χ2n) is 13.4. The molecule has 3 aromatic rings. The van der Waals surface area contributed by atoms with Crippen molar-refractivity contribution in [3.05, 3.63) is 52.1 Å². The summed E-state index contributed by atoms with van der Waals surface area (Å²) in [5.74, 6) is 0.0735. The van der Waals surface area contributed by atoms with Gasteiger partial charge in [0.1, 0.15) is 12.6 Å². The van der Waals surface area contributed by atoms with Gasteiger partial charge in [0, 0.05) is 24.2 Å². The Bertz CT molecular complexity index is 1880. The van der Waals surface area contributed by atoms with Crippen LogP contribution in [0.2, 0.25) is 0 Å². The van der Waals surface area contributed by atoms with Crippen LogP contribution in [0.15, 0.2) is 35.3 Å². The molecule has 3 rings (SSSR count). The summed E-state index contributed by atoms with van der Waals surface area (Å²) in [7, 11) is 0. The third-order valence-electron chi connectivity index (χ3n) is 8.47. The molecule has 7 N–H and O–H groups in total. The van der Waals surface area contributed by atoms with E-state index >= 15 is 0 Å². The fraction of sp³-hybridized carbons (Fsp3) is 0.595. The molecule has 1 aromatic carbocycles. The standard InChI is InChI=1S/C42H62N8O15/c1-2-10-56-12-14-58-16-18-60-20-22-62-24-26-64-28-29-65-27-25-63-23-21-61-19-17-59-15-13-57-11-9-44-36(51)8-7-35(41(54)55)48-39(52)32-3-5-33(6-4-32)45-30-34-31-46-38-37(47-34)40(53)50-42(43)49-38/h1,3-6,31,35,45H,7-30H2,(H,44,51)(H,48,52)(H,54,55)(H3,43,46,49,50,53)/t35-/m0/s1. The molecule has 0 saturated heterocycles. The third-order valence-corrected chi connectivity index (χ3v) is 8.47. The Labute approximate surface area is 377 Å². The highest BCUT2D eigenvalue weighted by molar-refractivity contribution is 5.97. The lowest BCUT2D eigenvalue weighted by Gasteiger charge is -2.15. The van der Waals surface area contributed by atoms with E-state index in [9.17, 15) is 24.3 Å². The van der Waals surface area contributed by atoms with Crippen LogP contribution in [0.1, 0.15) is 28.9 Å². The van der Waals surface area contributed by atoms with Crippen molar-refractivity contribution in [2.75, 3.05) is 150 Å². The maximum atomic E-state index is 12.8. The van der Waals surface area contributed by atoms with Crippen molar-refractivity contribution in [2.24, 2.45) is 0 Å². The zero-order valence-electron chi connectivity index (χ0n) is 36.6. The summed E-state index contributed by atoms with van der Waals surface area (Å²) in [6, 6.07) is 5.02. The average Bonchev–Trinajstić information content (AvgIpc) is 3.30. The maximum absolute atomic E-state index is 12.8. The van der Waals surface area contributed by atoms with E-state index in [1.165, 1.54) is 18.3 Å². The number of carboxylic acids is 1. The number of nitrogens with one attached hydrogen (secondary N) is 4. The van der Waals surface area contributed by atoms with Gasteiger partial charge in [0.2, 0.25) is 11.9 Å². The van der Waals surface area contributed by atoms with Gasteiger partial charge in [-0.1, -0.05) is 5.92 Å². The minimum atomic E-state index is -1.28. The molecule has 0 fully saturated rings. The Morgan fingerprint density at radius 3 is 1.66 bits per heavy atom. The first-order valence-corrected chi connectivity index (χ1v) is 21.1. The number of terminal acetylenes is 1. The number of aliphatic carboxylic acids is 1. The first kappa shape index (κ1) is 53.9. The molecule has 0 aliphatic rings. The van der Waals surface area contributed by atoms with Crippen LogP contribution < -0.4 is 27.2 Å². The zero-order chi connectivity index (χ0) is 46.6. The van der Waals surface area contributed by atoms with Gasteiger partial charge >= 0.3 is 5.97 Å². The van der Waals surface area contributed by atoms with Gasteiger partial charge in [-0.05, 0) is 30.7 Å². The molecule has 0 aliphatic heterocycles. The third kappa shape index (κ3) is 25.6. The number of nitrogens with zero attached hydrogens (tertiary/aromatic N) is 3. The first-order chi connectivity index (χ1) is 31.8. The summed E-state index contributed by atoms with van der Waals surface area (Å²) < 4.78 is 54.1. The fourth-order valence-electron chi connectivity index (χ4n) is 5.22.